The monoisotopic (exact) mass is 522 g/mol. The zero-order valence-electron chi connectivity index (χ0n) is 21.2. The largest absolute Gasteiger partial charge is 0.496 e. The highest BCUT2D eigenvalue weighted by atomic mass is 19.4. The summed E-state index contributed by atoms with van der Waals surface area (Å²) in [5.41, 5.74) is -0.742. The molecule has 1 atom stereocenters. The summed E-state index contributed by atoms with van der Waals surface area (Å²) in [6.45, 7) is 7.79. The second-order valence-electron chi connectivity index (χ2n) is 9.93. The quantitative estimate of drug-likeness (QED) is 0.479. The van der Waals surface area contributed by atoms with Crippen LogP contribution in [0.25, 0.3) is 22.8 Å². The molecule has 1 amide bonds. The smallest absolute Gasteiger partial charge is 0.416 e. The van der Waals surface area contributed by atoms with Crippen LogP contribution in [0.15, 0.2) is 33.7 Å². The number of rotatable bonds is 3. The van der Waals surface area contributed by atoms with E-state index in [1.54, 1.807) is 31.7 Å². The molecule has 3 aliphatic rings. The predicted molar refractivity (Wildman–Crippen MR) is 126 cm³/mol. The molecular weight excluding hydrogens is 493 g/mol. The minimum absolute atomic E-state index is 0.0158. The number of aryl methyl sites for hydroxylation is 1. The highest BCUT2D eigenvalue weighted by Gasteiger charge is 2.33. The van der Waals surface area contributed by atoms with Gasteiger partial charge in [-0.15, -0.1) is 0 Å². The van der Waals surface area contributed by atoms with Crippen molar-refractivity contribution >= 4 is 6.09 Å². The number of halogens is 3. The molecule has 37 heavy (non-hydrogen) atoms. The third-order valence-electron chi connectivity index (χ3n) is 5.89. The van der Waals surface area contributed by atoms with Gasteiger partial charge in [0.15, 0.2) is 5.76 Å². The van der Waals surface area contributed by atoms with Crippen LogP contribution in [0.1, 0.15) is 44.7 Å². The zero-order valence-corrected chi connectivity index (χ0v) is 21.2. The number of ether oxygens (including phenoxy) is 2. The molecule has 1 aromatic carbocycles. The van der Waals surface area contributed by atoms with Gasteiger partial charge in [0.05, 0.1) is 24.4 Å². The van der Waals surface area contributed by atoms with Crippen LogP contribution in [0.5, 0.6) is 5.75 Å². The standard InChI is InChI=1S/C25H29F3N4O5/c1-14-11-15(25(26,27)28)12-19(35-5)20(14)17-8-9-18-21(32(17)34)30-22(36-18)29-16-7-6-10-31(13-16)23(33)37-24(2,3)4/h8-9,11-12,16,34H,6-7,10,13H2,1-5H3/t16-/m1/s1. The first-order chi connectivity index (χ1) is 17.3. The summed E-state index contributed by atoms with van der Waals surface area (Å²) in [7, 11) is 1.26. The van der Waals surface area contributed by atoms with E-state index >= 15 is 0 Å². The summed E-state index contributed by atoms with van der Waals surface area (Å²) in [5, 5.41) is 10.9. The zero-order chi connectivity index (χ0) is 27.1. The van der Waals surface area contributed by atoms with E-state index in [1.165, 1.54) is 20.1 Å². The Morgan fingerprint density at radius 1 is 1.24 bits per heavy atom. The SMILES string of the molecule is COc1cc(C(F)(F)F)cc(C)c1-c1ccc2oc(=N[C@@H]3CCCN(C(=O)OC(C)(C)C)C3)nc-2n1O. The topological polar surface area (TPSA) is 102 Å². The third-order valence-corrected chi connectivity index (χ3v) is 5.89. The molecule has 0 aromatic heterocycles. The van der Waals surface area contributed by atoms with Crippen molar-refractivity contribution in [1.29, 1.82) is 0 Å². The molecule has 0 aliphatic carbocycles. The van der Waals surface area contributed by atoms with E-state index in [4.69, 9.17) is 13.9 Å². The molecule has 0 bridgehead atoms. The summed E-state index contributed by atoms with van der Waals surface area (Å²) in [4.78, 5) is 22.8. The lowest BCUT2D eigenvalue weighted by Crippen LogP contribution is -2.44. The summed E-state index contributed by atoms with van der Waals surface area (Å²) in [5.74, 6) is 0.220. The number of hydrogen-bond donors (Lipinski definition) is 1. The maximum Gasteiger partial charge on any atom is 0.416 e. The number of carbonyl (C=O) groups is 1. The lowest BCUT2D eigenvalue weighted by Gasteiger charge is -2.32. The van der Waals surface area contributed by atoms with Gasteiger partial charge in [0.25, 0.3) is 0 Å². The highest BCUT2D eigenvalue weighted by Crippen LogP contribution is 2.40. The van der Waals surface area contributed by atoms with Crippen molar-refractivity contribution in [3.63, 3.8) is 0 Å². The number of fused-ring (bicyclic) bond motifs is 1. The molecule has 3 heterocycles. The lowest BCUT2D eigenvalue weighted by atomic mass is 10.00. The predicted octanol–water partition coefficient (Wildman–Crippen LogP) is 5.12. The Morgan fingerprint density at radius 3 is 2.62 bits per heavy atom. The van der Waals surface area contributed by atoms with E-state index < -0.39 is 23.4 Å². The van der Waals surface area contributed by atoms with Gasteiger partial charge in [0.2, 0.25) is 5.82 Å². The average Bonchev–Trinajstić information content (AvgIpc) is 3.21. The van der Waals surface area contributed by atoms with Crippen LogP contribution in [-0.2, 0) is 10.9 Å². The van der Waals surface area contributed by atoms with Crippen molar-refractivity contribution in [1.82, 2.24) is 14.6 Å². The van der Waals surface area contributed by atoms with E-state index in [0.29, 0.717) is 19.5 Å². The van der Waals surface area contributed by atoms with Crippen LogP contribution in [-0.4, -0.2) is 57.8 Å². The van der Waals surface area contributed by atoms with Gasteiger partial charge < -0.3 is 24.0 Å². The van der Waals surface area contributed by atoms with Gasteiger partial charge in [-0.25, -0.2) is 9.79 Å². The maximum absolute atomic E-state index is 13.3. The number of carbonyl (C=O) groups excluding carboxylic acids is 1. The Kier molecular flexibility index (Phi) is 6.87. The molecule has 1 aromatic rings. The first kappa shape index (κ1) is 26.4. The van der Waals surface area contributed by atoms with E-state index in [9.17, 15) is 23.2 Å². The first-order valence-electron chi connectivity index (χ1n) is 11.8. The van der Waals surface area contributed by atoms with Crippen molar-refractivity contribution in [2.45, 2.75) is 58.4 Å². The number of nitrogens with zero attached hydrogens (tertiary/aromatic N) is 4. The van der Waals surface area contributed by atoms with Crippen molar-refractivity contribution in [2.75, 3.05) is 20.2 Å². The number of pyridine rings is 1. The van der Waals surface area contributed by atoms with Gasteiger partial charge in [-0.2, -0.15) is 22.9 Å². The van der Waals surface area contributed by atoms with Gasteiger partial charge in [-0.1, -0.05) is 0 Å². The van der Waals surface area contributed by atoms with E-state index in [-0.39, 0.29) is 45.9 Å². The van der Waals surface area contributed by atoms with Gasteiger partial charge in [0.1, 0.15) is 11.4 Å². The number of oxazole rings is 1. The van der Waals surface area contributed by atoms with Crippen molar-refractivity contribution in [2.24, 2.45) is 4.99 Å². The van der Waals surface area contributed by atoms with E-state index in [1.807, 2.05) is 0 Å². The van der Waals surface area contributed by atoms with Crippen LogP contribution in [0.2, 0.25) is 0 Å². The fourth-order valence-corrected chi connectivity index (χ4v) is 4.27. The first-order valence-corrected chi connectivity index (χ1v) is 11.8. The Morgan fingerprint density at radius 2 is 1.97 bits per heavy atom. The molecule has 0 spiro atoms. The van der Waals surface area contributed by atoms with Gasteiger partial charge in [-0.05, 0) is 70.4 Å². The van der Waals surface area contributed by atoms with Gasteiger partial charge in [-0.3, -0.25) is 0 Å². The number of aromatic nitrogens is 2. The molecule has 1 fully saturated rings. The fraction of sp³-hybridized carbons (Fsp3) is 0.480. The number of hydrogen-bond acceptors (Lipinski definition) is 7. The molecule has 200 valence electrons. The van der Waals surface area contributed by atoms with E-state index in [0.717, 1.165) is 23.3 Å². The Balaban J connectivity index is 1.67. The molecule has 0 radical (unpaired) electrons. The van der Waals surface area contributed by atoms with Gasteiger partial charge in [0, 0.05) is 18.7 Å². The van der Waals surface area contributed by atoms with Gasteiger partial charge >= 0.3 is 18.0 Å². The molecule has 1 saturated heterocycles. The second kappa shape index (κ2) is 9.64. The number of alkyl halides is 3. The molecule has 12 heteroatoms. The maximum atomic E-state index is 13.3. The molecule has 1 N–H and O–H groups in total. The summed E-state index contributed by atoms with van der Waals surface area (Å²) in [6, 6.07) is 4.65. The second-order valence-corrected chi connectivity index (χ2v) is 9.93. The van der Waals surface area contributed by atoms with E-state index in [2.05, 4.69) is 9.98 Å². The van der Waals surface area contributed by atoms with Crippen LogP contribution >= 0.6 is 0 Å². The number of amides is 1. The van der Waals surface area contributed by atoms with Crippen LogP contribution in [0.3, 0.4) is 0 Å². The summed E-state index contributed by atoms with van der Waals surface area (Å²) < 4.78 is 56.9. The minimum Gasteiger partial charge on any atom is -0.496 e. The third kappa shape index (κ3) is 5.67. The van der Waals surface area contributed by atoms with Crippen LogP contribution in [0, 0.1) is 6.92 Å². The fourth-order valence-electron chi connectivity index (χ4n) is 4.27. The number of methoxy groups -OCH3 is 1. The van der Waals surface area contributed by atoms with Crippen LogP contribution < -0.4 is 10.4 Å². The average molecular weight is 523 g/mol. The molecule has 0 saturated carbocycles. The Hall–Kier alpha value is -3.70. The summed E-state index contributed by atoms with van der Waals surface area (Å²) >= 11 is 0. The van der Waals surface area contributed by atoms with Crippen molar-refractivity contribution < 1.29 is 37.1 Å². The molecule has 9 nitrogen and oxygen atoms in total. The number of likely N-dealkylation sites (tertiary alicyclic amines) is 1. The Labute approximate surface area is 211 Å². The number of piperidine rings is 1. The normalized spacial score (nSPS) is 17.4. The minimum atomic E-state index is -4.55. The highest BCUT2D eigenvalue weighted by molar-refractivity contribution is 5.74. The van der Waals surface area contributed by atoms with Crippen molar-refractivity contribution in [3.8, 4) is 28.6 Å². The number of benzene rings is 1. The lowest BCUT2D eigenvalue weighted by molar-refractivity contribution is -0.137. The van der Waals surface area contributed by atoms with Crippen LogP contribution in [0.4, 0.5) is 18.0 Å². The summed E-state index contributed by atoms with van der Waals surface area (Å²) in [6.07, 6.45) is -3.52. The van der Waals surface area contributed by atoms with Crippen molar-refractivity contribution in [3.05, 3.63) is 41.1 Å². The molecule has 3 aliphatic heterocycles. The molecular formula is C25H29F3N4O5. The molecule has 0 unspecified atom stereocenters. The molecule has 4 rings (SSSR count). The Bertz CT molecular complexity index is 1340.